The minimum Gasteiger partial charge on any atom is -0.349 e. The summed E-state index contributed by atoms with van der Waals surface area (Å²) in [5, 5.41) is 6.87. The van der Waals surface area contributed by atoms with Crippen LogP contribution in [0.5, 0.6) is 0 Å². The van der Waals surface area contributed by atoms with Gasteiger partial charge in [0.1, 0.15) is 6.04 Å². The lowest BCUT2D eigenvalue weighted by atomic mass is 9.97. The average Bonchev–Trinajstić information content (AvgIpc) is 2.82. The minimum atomic E-state index is -1.30. The van der Waals surface area contributed by atoms with Gasteiger partial charge >= 0.3 is 0 Å². The van der Waals surface area contributed by atoms with Gasteiger partial charge in [0.2, 0.25) is 5.91 Å². The second-order valence-corrected chi connectivity index (χ2v) is 9.53. The first-order valence-electron chi connectivity index (χ1n) is 11.2. The molecule has 3 rings (SSSR count). The average molecular weight is 504 g/mol. The Hall–Kier alpha value is -4.13. The minimum absolute atomic E-state index is 0.146. The van der Waals surface area contributed by atoms with Gasteiger partial charge in [0, 0.05) is 21.7 Å². The molecule has 2 amide bonds. The molecule has 0 fully saturated rings. The molecule has 0 aliphatic heterocycles. The summed E-state index contributed by atoms with van der Waals surface area (Å²) in [5.74, 6) is -1.41. The topological polar surface area (TPSA) is 115 Å². The van der Waals surface area contributed by atoms with Crippen molar-refractivity contribution >= 4 is 40.6 Å². The Morgan fingerprint density at radius 1 is 0.944 bits per heavy atom. The first-order chi connectivity index (χ1) is 17.0. The van der Waals surface area contributed by atoms with Gasteiger partial charge in [-0.05, 0) is 63.1 Å². The van der Waals surface area contributed by atoms with E-state index in [9.17, 15) is 14.4 Å². The molecule has 0 saturated carbocycles. The van der Waals surface area contributed by atoms with Gasteiger partial charge < -0.3 is 5.32 Å². The number of carbonyl (C=O) groups is 3. The molecule has 0 aliphatic rings. The molecular formula is C27H26ClN5O3. The van der Waals surface area contributed by atoms with Crippen molar-refractivity contribution in [1.82, 2.24) is 5.32 Å². The van der Waals surface area contributed by atoms with Crippen molar-refractivity contribution in [3.05, 3.63) is 105 Å². The first kappa shape index (κ1) is 26.5. The summed E-state index contributed by atoms with van der Waals surface area (Å²) in [6.45, 7) is 6.82. The van der Waals surface area contributed by atoms with Crippen LogP contribution in [0.25, 0.3) is 10.4 Å². The van der Waals surface area contributed by atoms with E-state index >= 15 is 0 Å². The van der Waals surface area contributed by atoms with Gasteiger partial charge in [-0.1, -0.05) is 65.2 Å². The first-order valence-corrected chi connectivity index (χ1v) is 11.6. The molecule has 0 bridgehead atoms. The summed E-state index contributed by atoms with van der Waals surface area (Å²) in [4.78, 5) is 44.7. The summed E-state index contributed by atoms with van der Waals surface area (Å²) in [6, 6.07) is 18.2. The summed E-state index contributed by atoms with van der Waals surface area (Å²) < 4.78 is 0. The number of nitrogens with zero attached hydrogens (tertiary/aromatic N) is 4. The molecule has 3 aromatic rings. The van der Waals surface area contributed by atoms with E-state index < -0.39 is 23.4 Å². The lowest BCUT2D eigenvalue weighted by Gasteiger charge is -2.35. The number of halogens is 1. The van der Waals surface area contributed by atoms with Gasteiger partial charge in [0.15, 0.2) is 5.78 Å². The highest BCUT2D eigenvalue weighted by atomic mass is 35.5. The number of ketones is 1. The molecule has 0 radical (unpaired) electrons. The lowest BCUT2D eigenvalue weighted by molar-refractivity contribution is -0.123. The van der Waals surface area contributed by atoms with Crippen LogP contribution in [0.1, 0.15) is 60.0 Å². The van der Waals surface area contributed by atoms with Crippen molar-refractivity contribution in [2.45, 2.75) is 39.3 Å². The van der Waals surface area contributed by atoms with E-state index in [1.54, 1.807) is 72.8 Å². The molecule has 1 unspecified atom stereocenters. The zero-order chi connectivity index (χ0) is 26.5. The monoisotopic (exact) mass is 503 g/mol. The van der Waals surface area contributed by atoms with Crippen molar-refractivity contribution in [3.63, 3.8) is 0 Å². The summed E-state index contributed by atoms with van der Waals surface area (Å²) in [5.41, 5.74) is 9.58. The Balaban J connectivity index is 2.39. The molecular weight excluding hydrogens is 478 g/mol. The number of para-hydroxylation sites is 1. The van der Waals surface area contributed by atoms with Crippen LogP contribution in [0, 0.1) is 0 Å². The number of rotatable bonds is 7. The number of hydrogen-bond donors (Lipinski definition) is 1. The van der Waals surface area contributed by atoms with Crippen molar-refractivity contribution in [3.8, 4) is 0 Å². The van der Waals surface area contributed by atoms with E-state index in [2.05, 4.69) is 15.3 Å². The van der Waals surface area contributed by atoms with E-state index in [0.29, 0.717) is 0 Å². The third kappa shape index (κ3) is 5.92. The van der Waals surface area contributed by atoms with Gasteiger partial charge in [0.05, 0.1) is 16.3 Å². The number of anilines is 1. The molecule has 0 saturated heterocycles. The second-order valence-electron chi connectivity index (χ2n) is 9.12. The molecule has 184 valence electrons. The number of benzene rings is 3. The van der Waals surface area contributed by atoms with Crippen LogP contribution in [-0.4, -0.2) is 23.1 Å². The van der Waals surface area contributed by atoms with Crippen molar-refractivity contribution in [2.75, 3.05) is 4.90 Å². The number of nitrogens with one attached hydrogen (secondary N) is 1. The maximum atomic E-state index is 14.1. The Morgan fingerprint density at radius 2 is 1.53 bits per heavy atom. The van der Waals surface area contributed by atoms with Crippen LogP contribution in [0.15, 0.2) is 77.9 Å². The smallest absolute Gasteiger partial charge is 0.260 e. The highest BCUT2D eigenvalue weighted by Crippen LogP contribution is 2.37. The summed E-state index contributed by atoms with van der Waals surface area (Å²) in [6.07, 6.45) is 0. The van der Waals surface area contributed by atoms with Crippen molar-refractivity contribution in [1.29, 1.82) is 0 Å². The number of hydrogen-bond acceptors (Lipinski definition) is 4. The van der Waals surface area contributed by atoms with E-state index in [1.165, 1.54) is 11.8 Å². The van der Waals surface area contributed by atoms with Gasteiger partial charge in [-0.25, -0.2) is 0 Å². The van der Waals surface area contributed by atoms with E-state index in [0.717, 1.165) is 0 Å². The Bertz CT molecular complexity index is 1360. The fraction of sp³-hybridized carbons (Fsp3) is 0.222. The fourth-order valence-electron chi connectivity index (χ4n) is 3.81. The maximum absolute atomic E-state index is 14.1. The number of azide groups is 1. The van der Waals surface area contributed by atoms with Crippen LogP contribution in [0.2, 0.25) is 5.02 Å². The predicted octanol–water partition coefficient (Wildman–Crippen LogP) is 6.79. The zero-order valence-corrected chi connectivity index (χ0v) is 21.2. The van der Waals surface area contributed by atoms with Crippen LogP contribution < -0.4 is 10.2 Å². The molecule has 8 nitrogen and oxygen atoms in total. The molecule has 0 aromatic heterocycles. The van der Waals surface area contributed by atoms with Gasteiger partial charge in [0.25, 0.3) is 5.91 Å². The number of amides is 2. The predicted molar refractivity (Wildman–Crippen MR) is 141 cm³/mol. The standard InChI is InChI=1S/C27H26ClN5O3/c1-17(34)18-11-7-10-16-23(18)33(26(36)19-12-5-8-14-21(19)28)24(25(35)30-27(2,3)4)20-13-6-9-15-22(20)31-32-29/h5-16,24H,1-4H3,(H,30,35). The SMILES string of the molecule is CC(=O)c1ccccc1N(C(=O)c1ccccc1Cl)C(C(=O)NC(C)(C)C)c1ccccc1N=[N+]=[N-]. The quantitative estimate of drug-likeness (QED) is 0.165. The fourth-order valence-corrected chi connectivity index (χ4v) is 4.02. The summed E-state index contributed by atoms with van der Waals surface area (Å²) in [7, 11) is 0. The van der Waals surface area contributed by atoms with Crippen molar-refractivity contribution in [2.24, 2.45) is 5.11 Å². The van der Waals surface area contributed by atoms with Crippen LogP contribution in [-0.2, 0) is 4.79 Å². The van der Waals surface area contributed by atoms with E-state index in [-0.39, 0.29) is 38.9 Å². The maximum Gasteiger partial charge on any atom is 0.260 e. The highest BCUT2D eigenvalue weighted by Gasteiger charge is 2.37. The molecule has 1 N–H and O–H groups in total. The molecule has 3 aromatic carbocycles. The van der Waals surface area contributed by atoms with Crippen LogP contribution in [0.4, 0.5) is 11.4 Å². The third-order valence-corrected chi connectivity index (χ3v) is 5.58. The summed E-state index contributed by atoms with van der Waals surface area (Å²) >= 11 is 6.39. The van der Waals surface area contributed by atoms with Gasteiger partial charge in [-0.3, -0.25) is 19.3 Å². The van der Waals surface area contributed by atoms with Crippen molar-refractivity contribution < 1.29 is 14.4 Å². The molecule has 0 spiro atoms. The number of carbonyl (C=O) groups excluding carboxylic acids is 3. The lowest BCUT2D eigenvalue weighted by Crippen LogP contribution is -2.49. The molecule has 1 atom stereocenters. The zero-order valence-electron chi connectivity index (χ0n) is 20.4. The van der Waals surface area contributed by atoms with Gasteiger partial charge in [-0.15, -0.1) is 0 Å². The number of Topliss-reactive ketones (excluding diaryl/α,β-unsaturated/α-hetero) is 1. The largest absolute Gasteiger partial charge is 0.349 e. The molecule has 36 heavy (non-hydrogen) atoms. The Labute approximate surface area is 214 Å². The Kier molecular flexibility index (Phi) is 8.14. The van der Waals surface area contributed by atoms with E-state index in [4.69, 9.17) is 17.1 Å². The molecule has 0 aliphatic carbocycles. The molecule has 0 heterocycles. The Morgan fingerprint density at radius 3 is 2.14 bits per heavy atom. The third-order valence-electron chi connectivity index (χ3n) is 5.25. The normalized spacial score (nSPS) is 11.7. The molecule has 9 heteroatoms. The van der Waals surface area contributed by atoms with Crippen LogP contribution >= 0.6 is 11.6 Å². The van der Waals surface area contributed by atoms with E-state index in [1.807, 2.05) is 20.8 Å². The van der Waals surface area contributed by atoms with Crippen LogP contribution in [0.3, 0.4) is 0 Å². The van der Waals surface area contributed by atoms with Gasteiger partial charge in [-0.2, -0.15) is 0 Å². The highest BCUT2D eigenvalue weighted by molar-refractivity contribution is 6.34. The second kappa shape index (κ2) is 11.1.